The fourth-order valence-corrected chi connectivity index (χ4v) is 4.69. The minimum Gasteiger partial charge on any atom is -0.341 e. The van der Waals surface area contributed by atoms with E-state index in [0.29, 0.717) is 25.0 Å². The number of rotatable bonds is 4. The Morgan fingerprint density at radius 3 is 2.83 bits per heavy atom. The average molecular weight is 334 g/mol. The first kappa shape index (κ1) is 15.1. The maximum Gasteiger partial charge on any atom is 0.211 e. The molecule has 6 nitrogen and oxygen atoms in total. The van der Waals surface area contributed by atoms with Crippen molar-refractivity contribution < 1.29 is 8.42 Å². The number of imidazole rings is 1. The first-order valence-corrected chi connectivity index (χ1v) is 9.99. The van der Waals surface area contributed by atoms with E-state index in [2.05, 4.69) is 16.0 Å². The molecule has 0 saturated carbocycles. The summed E-state index contributed by atoms with van der Waals surface area (Å²) in [5.74, 6) is 1.48. The molecule has 7 heteroatoms. The summed E-state index contributed by atoms with van der Waals surface area (Å²) in [4.78, 5) is 10.7. The molecule has 1 N–H and O–H groups in total. The van der Waals surface area contributed by atoms with Crippen molar-refractivity contribution in [3.8, 4) is 0 Å². The Morgan fingerprint density at radius 1 is 1.30 bits per heavy atom. The average Bonchev–Trinajstić information content (AvgIpc) is 3.06. The van der Waals surface area contributed by atoms with Crippen LogP contribution in [-0.4, -0.2) is 60.0 Å². The lowest BCUT2D eigenvalue weighted by Crippen LogP contribution is -2.53. The second kappa shape index (κ2) is 5.58. The van der Waals surface area contributed by atoms with Gasteiger partial charge < -0.3 is 4.98 Å². The molecule has 124 valence electrons. The zero-order valence-corrected chi connectivity index (χ0v) is 14.1. The molecule has 2 aliphatic rings. The minimum atomic E-state index is -3.02. The first-order valence-electron chi connectivity index (χ1n) is 8.14. The molecule has 2 aromatic rings. The van der Waals surface area contributed by atoms with E-state index in [1.807, 2.05) is 18.2 Å². The van der Waals surface area contributed by atoms with Crippen LogP contribution in [0.5, 0.6) is 0 Å². The van der Waals surface area contributed by atoms with Crippen LogP contribution < -0.4 is 0 Å². The largest absolute Gasteiger partial charge is 0.341 e. The number of hydrogen-bond acceptors (Lipinski definition) is 4. The Kier molecular flexibility index (Phi) is 3.66. The number of aromatic nitrogens is 2. The standard InChI is InChI=1S/C16H22N4O2S/c1-23(21,22)20-10-12(11-20)9-19-8-4-7-15(19)16-17-13-5-2-3-6-14(13)18-16/h2-3,5-6,12,15H,4,7-11H2,1H3,(H,17,18). The summed E-state index contributed by atoms with van der Waals surface area (Å²) in [5, 5.41) is 0. The van der Waals surface area contributed by atoms with Crippen molar-refractivity contribution in [3.05, 3.63) is 30.1 Å². The second-order valence-electron chi connectivity index (χ2n) is 6.74. The van der Waals surface area contributed by atoms with Gasteiger partial charge in [0.25, 0.3) is 0 Å². The van der Waals surface area contributed by atoms with Gasteiger partial charge in [0.2, 0.25) is 10.0 Å². The molecule has 0 spiro atoms. The van der Waals surface area contributed by atoms with Crippen molar-refractivity contribution in [3.63, 3.8) is 0 Å². The van der Waals surface area contributed by atoms with Crippen LogP contribution in [-0.2, 0) is 10.0 Å². The van der Waals surface area contributed by atoms with Gasteiger partial charge in [-0.2, -0.15) is 0 Å². The number of benzene rings is 1. The first-order chi connectivity index (χ1) is 11.0. The molecule has 0 bridgehead atoms. The van der Waals surface area contributed by atoms with Crippen LogP contribution in [0, 0.1) is 5.92 Å². The third kappa shape index (κ3) is 2.88. The molecule has 1 aromatic carbocycles. The van der Waals surface area contributed by atoms with Gasteiger partial charge in [0.15, 0.2) is 0 Å². The van der Waals surface area contributed by atoms with Crippen molar-refractivity contribution >= 4 is 21.1 Å². The Labute approximate surface area is 136 Å². The lowest BCUT2D eigenvalue weighted by Gasteiger charge is -2.40. The molecule has 0 radical (unpaired) electrons. The van der Waals surface area contributed by atoms with Crippen LogP contribution >= 0.6 is 0 Å². The summed E-state index contributed by atoms with van der Waals surface area (Å²) < 4.78 is 24.5. The van der Waals surface area contributed by atoms with E-state index < -0.39 is 10.0 Å². The fourth-order valence-electron chi connectivity index (χ4n) is 3.73. The van der Waals surface area contributed by atoms with Crippen LogP contribution in [0.1, 0.15) is 24.7 Å². The molecular formula is C16H22N4O2S. The lowest BCUT2D eigenvalue weighted by molar-refractivity contribution is 0.124. The van der Waals surface area contributed by atoms with E-state index >= 15 is 0 Å². The Morgan fingerprint density at radius 2 is 2.09 bits per heavy atom. The number of likely N-dealkylation sites (tertiary alicyclic amines) is 1. The van der Waals surface area contributed by atoms with Crippen molar-refractivity contribution in [2.45, 2.75) is 18.9 Å². The number of nitrogens with one attached hydrogen (secondary N) is 1. The van der Waals surface area contributed by atoms with E-state index in [0.717, 1.165) is 36.4 Å². The Bertz CT molecular complexity index is 777. The van der Waals surface area contributed by atoms with Crippen LogP contribution in [0.25, 0.3) is 11.0 Å². The molecule has 1 aromatic heterocycles. The van der Waals surface area contributed by atoms with E-state index in [9.17, 15) is 8.42 Å². The highest BCUT2D eigenvalue weighted by Crippen LogP contribution is 2.33. The molecule has 3 heterocycles. The normalized spacial score (nSPS) is 24.3. The molecule has 2 saturated heterocycles. The highest BCUT2D eigenvalue weighted by Gasteiger charge is 2.37. The number of H-pyrrole nitrogens is 1. The smallest absolute Gasteiger partial charge is 0.211 e. The van der Waals surface area contributed by atoms with E-state index in [1.54, 1.807) is 4.31 Å². The van der Waals surface area contributed by atoms with Gasteiger partial charge in [-0.05, 0) is 37.4 Å². The van der Waals surface area contributed by atoms with Gasteiger partial charge >= 0.3 is 0 Å². The van der Waals surface area contributed by atoms with E-state index in [-0.39, 0.29) is 0 Å². The van der Waals surface area contributed by atoms with Gasteiger partial charge in [-0.15, -0.1) is 0 Å². The maximum absolute atomic E-state index is 11.5. The van der Waals surface area contributed by atoms with E-state index in [1.165, 1.54) is 12.7 Å². The topological polar surface area (TPSA) is 69.3 Å². The van der Waals surface area contributed by atoms with Crippen LogP contribution in [0.4, 0.5) is 0 Å². The highest BCUT2D eigenvalue weighted by atomic mass is 32.2. The monoisotopic (exact) mass is 334 g/mol. The van der Waals surface area contributed by atoms with Crippen molar-refractivity contribution in [2.75, 3.05) is 32.4 Å². The maximum atomic E-state index is 11.5. The van der Waals surface area contributed by atoms with Gasteiger partial charge in [-0.3, -0.25) is 4.90 Å². The van der Waals surface area contributed by atoms with Gasteiger partial charge in [-0.25, -0.2) is 17.7 Å². The number of aromatic amines is 1. The predicted molar refractivity (Wildman–Crippen MR) is 89.5 cm³/mol. The van der Waals surface area contributed by atoms with Gasteiger partial charge in [0, 0.05) is 19.6 Å². The summed E-state index contributed by atoms with van der Waals surface area (Å²) in [6.45, 7) is 3.33. The molecule has 0 aliphatic carbocycles. The molecule has 4 rings (SSSR count). The molecule has 23 heavy (non-hydrogen) atoms. The van der Waals surface area contributed by atoms with Crippen LogP contribution in [0.3, 0.4) is 0 Å². The summed E-state index contributed by atoms with van der Waals surface area (Å²) in [6.07, 6.45) is 3.57. The minimum absolute atomic E-state index is 0.328. The van der Waals surface area contributed by atoms with E-state index in [4.69, 9.17) is 4.98 Å². The fraction of sp³-hybridized carbons (Fsp3) is 0.562. The van der Waals surface area contributed by atoms with Crippen molar-refractivity contribution in [1.29, 1.82) is 0 Å². The second-order valence-corrected chi connectivity index (χ2v) is 8.72. The van der Waals surface area contributed by atoms with Crippen molar-refractivity contribution in [2.24, 2.45) is 5.92 Å². The molecular weight excluding hydrogens is 312 g/mol. The molecule has 2 aliphatic heterocycles. The third-order valence-corrected chi connectivity index (χ3v) is 6.21. The number of fused-ring (bicyclic) bond motifs is 1. The lowest BCUT2D eigenvalue weighted by atomic mass is 10.0. The number of hydrogen-bond donors (Lipinski definition) is 1. The SMILES string of the molecule is CS(=O)(=O)N1CC(CN2CCCC2c2nc3ccccc3[nH]2)C1. The van der Waals surface area contributed by atoms with Gasteiger partial charge in [0.1, 0.15) is 5.82 Å². The molecule has 2 fully saturated rings. The third-order valence-electron chi connectivity index (χ3n) is 4.97. The van der Waals surface area contributed by atoms with Crippen molar-refractivity contribution in [1.82, 2.24) is 19.2 Å². The molecule has 0 amide bonds. The Hall–Kier alpha value is -1.44. The number of para-hydroxylation sites is 2. The van der Waals surface area contributed by atoms with Crippen LogP contribution in [0.15, 0.2) is 24.3 Å². The number of nitrogens with zero attached hydrogens (tertiary/aromatic N) is 3. The summed E-state index contributed by atoms with van der Waals surface area (Å²) >= 11 is 0. The quantitative estimate of drug-likeness (QED) is 0.922. The molecule has 1 unspecified atom stereocenters. The summed E-state index contributed by atoms with van der Waals surface area (Å²) in [6, 6.07) is 8.44. The van der Waals surface area contributed by atoms with Gasteiger partial charge in [-0.1, -0.05) is 12.1 Å². The zero-order valence-electron chi connectivity index (χ0n) is 13.3. The summed E-state index contributed by atoms with van der Waals surface area (Å²) in [5.41, 5.74) is 2.10. The highest BCUT2D eigenvalue weighted by molar-refractivity contribution is 7.88. The van der Waals surface area contributed by atoms with Crippen LogP contribution in [0.2, 0.25) is 0 Å². The zero-order chi connectivity index (χ0) is 16.0. The number of sulfonamides is 1. The summed E-state index contributed by atoms with van der Waals surface area (Å²) in [7, 11) is -3.02. The Balaban J connectivity index is 1.45. The predicted octanol–water partition coefficient (Wildman–Crippen LogP) is 1.59. The molecule has 1 atom stereocenters. The van der Waals surface area contributed by atoms with Gasteiger partial charge in [0.05, 0.1) is 23.3 Å².